The molecule has 2 rings (SSSR count). The van der Waals surface area contributed by atoms with Crippen LogP contribution in [-0.4, -0.2) is 59.3 Å². The molecule has 0 amide bonds. The Labute approximate surface area is 199 Å². The number of azide groups is 1. The number of esters is 3. The number of thioether (sulfide) groups is 1. The molecule has 1 aliphatic heterocycles. The number of carbonyl (C=O) groups excluding carboxylic acids is 3. The zero-order valence-electron chi connectivity index (χ0n) is 17.8. The number of hydrogen-bond acceptors (Lipinski definition) is 10. The minimum Gasteiger partial charge on any atom is -0.463 e. The van der Waals surface area contributed by atoms with Gasteiger partial charge in [0.25, 0.3) is 0 Å². The lowest BCUT2D eigenvalue weighted by Gasteiger charge is -2.43. The Balaban J connectivity index is 2.46. The van der Waals surface area contributed by atoms with Gasteiger partial charge in [0.15, 0.2) is 5.69 Å². The summed E-state index contributed by atoms with van der Waals surface area (Å²) in [4.78, 5) is 40.8. The summed E-state index contributed by atoms with van der Waals surface area (Å²) in [5.74, 6) is -2.28. The van der Waals surface area contributed by atoms with Crippen molar-refractivity contribution in [3.05, 3.63) is 33.4 Å². The van der Waals surface area contributed by atoms with E-state index < -0.39 is 71.2 Å². The van der Waals surface area contributed by atoms with E-state index in [1.807, 2.05) is 0 Å². The van der Waals surface area contributed by atoms with Gasteiger partial charge in [0.2, 0.25) is 0 Å². The summed E-state index contributed by atoms with van der Waals surface area (Å²) < 4.78 is 60.1. The van der Waals surface area contributed by atoms with Crippen LogP contribution >= 0.6 is 23.4 Å². The first-order valence-corrected chi connectivity index (χ1v) is 10.7. The summed E-state index contributed by atoms with van der Waals surface area (Å²) in [7, 11) is 0. The molecule has 0 bridgehead atoms. The van der Waals surface area contributed by atoms with Crippen LogP contribution in [-0.2, 0) is 39.5 Å². The van der Waals surface area contributed by atoms with E-state index in [4.69, 9.17) is 36.1 Å². The molecule has 0 spiro atoms. The van der Waals surface area contributed by atoms with Crippen LogP contribution in [0.5, 0.6) is 0 Å². The maximum Gasteiger partial charge on any atom is 0.434 e. The lowest BCUT2D eigenvalue weighted by Crippen LogP contribution is -2.59. The van der Waals surface area contributed by atoms with Gasteiger partial charge >= 0.3 is 24.1 Å². The van der Waals surface area contributed by atoms with Crippen molar-refractivity contribution in [2.45, 2.75) is 61.6 Å². The predicted molar refractivity (Wildman–Crippen MR) is 109 cm³/mol. The number of rotatable bonds is 7. The molecule has 34 heavy (non-hydrogen) atoms. The first-order chi connectivity index (χ1) is 15.8. The van der Waals surface area contributed by atoms with E-state index in [2.05, 4.69) is 15.0 Å². The van der Waals surface area contributed by atoms with Crippen LogP contribution in [0.1, 0.15) is 26.5 Å². The Kier molecular flexibility index (Phi) is 9.38. The third kappa shape index (κ3) is 7.38. The normalized spacial score (nSPS) is 24.5. The Morgan fingerprint density at radius 1 is 1.21 bits per heavy atom. The molecule has 1 aliphatic rings. The van der Waals surface area contributed by atoms with Crippen molar-refractivity contribution in [2.24, 2.45) is 5.11 Å². The second kappa shape index (κ2) is 11.6. The van der Waals surface area contributed by atoms with Crippen LogP contribution in [0.4, 0.5) is 13.2 Å². The van der Waals surface area contributed by atoms with Gasteiger partial charge in [0, 0.05) is 36.8 Å². The first kappa shape index (κ1) is 27.5. The zero-order valence-corrected chi connectivity index (χ0v) is 19.4. The molecule has 1 fully saturated rings. The van der Waals surface area contributed by atoms with Crippen molar-refractivity contribution >= 4 is 41.3 Å². The number of alkyl halides is 3. The van der Waals surface area contributed by atoms with E-state index in [9.17, 15) is 27.6 Å². The van der Waals surface area contributed by atoms with E-state index in [1.165, 1.54) is 0 Å². The molecule has 1 aromatic heterocycles. The number of nitrogens with zero attached hydrogens (tertiary/aromatic N) is 4. The highest BCUT2D eigenvalue weighted by Crippen LogP contribution is 2.40. The van der Waals surface area contributed by atoms with E-state index >= 15 is 0 Å². The van der Waals surface area contributed by atoms with E-state index in [0.29, 0.717) is 0 Å². The molecule has 5 atom stereocenters. The Hall–Kier alpha value is -2.74. The van der Waals surface area contributed by atoms with Crippen LogP contribution in [0, 0.1) is 0 Å². The topological polar surface area (TPSA) is 150 Å². The fraction of sp³-hybridized carbons (Fsp3) is 0.556. The summed E-state index contributed by atoms with van der Waals surface area (Å²) in [6, 6.07) is -0.347. The molecule has 0 N–H and O–H groups in total. The molecule has 2 heterocycles. The minimum absolute atomic E-state index is 0.0945. The number of pyridine rings is 1. The highest BCUT2D eigenvalue weighted by Gasteiger charge is 2.50. The monoisotopic (exact) mass is 526 g/mol. The van der Waals surface area contributed by atoms with Crippen molar-refractivity contribution < 1.29 is 46.5 Å². The van der Waals surface area contributed by atoms with E-state index in [0.717, 1.165) is 44.8 Å². The van der Waals surface area contributed by atoms with Crippen molar-refractivity contribution in [3.63, 3.8) is 0 Å². The Morgan fingerprint density at radius 2 is 1.82 bits per heavy atom. The number of halogens is 4. The van der Waals surface area contributed by atoms with Gasteiger partial charge in [0.1, 0.15) is 36.4 Å². The van der Waals surface area contributed by atoms with Gasteiger partial charge in [-0.05, 0) is 11.6 Å². The number of aromatic nitrogens is 1. The van der Waals surface area contributed by atoms with Crippen molar-refractivity contribution in [1.29, 1.82) is 0 Å². The summed E-state index contributed by atoms with van der Waals surface area (Å²) in [5.41, 5.74) is 6.55. The lowest BCUT2D eigenvalue weighted by atomic mass is 9.97. The van der Waals surface area contributed by atoms with Gasteiger partial charge in [-0.3, -0.25) is 14.4 Å². The van der Waals surface area contributed by atoms with Gasteiger partial charge in [-0.1, -0.05) is 28.5 Å². The molecular formula is C18H18ClF3N4O7S. The van der Waals surface area contributed by atoms with Gasteiger partial charge < -0.3 is 18.9 Å². The van der Waals surface area contributed by atoms with Crippen LogP contribution in [0.15, 0.2) is 22.3 Å². The van der Waals surface area contributed by atoms with Gasteiger partial charge in [0.05, 0.1) is 5.02 Å². The second-order valence-corrected chi connectivity index (χ2v) is 8.39. The molecule has 1 saturated heterocycles. The van der Waals surface area contributed by atoms with Crippen LogP contribution in [0.25, 0.3) is 10.4 Å². The van der Waals surface area contributed by atoms with Gasteiger partial charge in [-0.15, -0.1) is 0 Å². The molecular weight excluding hydrogens is 509 g/mol. The summed E-state index contributed by atoms with van der Waals surface area (Å²) >= 11 is 6.48. The molecule has 3 unspecified atom stereocenters. The van der Waals surface area contributed by atoms with Crippen molar-refractivity contribution in [3.8, 4) is 0 Å². The third-order valence-electron chi connectivity index (χ3n) is 4.19. The zero-order chi connectivity index (χ0) is 25.6. The standard InChI is InChI=1S/C18H18ClF3N4O7S/c1-7(27)30-6-12-14(31-8(2)28)13(25-26-23)15(32-9(3)29)17(33-12)34-10-4-11(19)16(24-5-10)18(20,21)22/h4-5,12-15,17H,6H2,1-3H3/t12?,13?,14-,15?,17+/m0/s1. The van der Waals surface area contributed by atoms with Gasteiger partial charge in [-0.2, -0.15) is 13.2 Å². The van der Waals surface area contributed by atoms with E-state index in [-0.39, 0.29) is 4.90 Å². The number of ether oxygens (including phenoxy) is 4. The molecule has 0 saturated carbocycles. The minimum atomic E-state index is -4.78. The lowest BCUT2D eigenvalue weighted by molar-refractivity contribution is -0.201. The first-order valence-electron chi connectivity index (χ1n) is 9.40. The Morgan fingerprint density at radius 3 is 2.32 bits per heavy atom. The van der Waals surface area contributed by atoms with E-state index in [1.54, 1.807) is 0 Å². The largest absolute Gasteiger partial charge is 0.463 e. The summed E-state index contributed by atoms with van der Waals surface area (Å²) in [5, 5.41) is 2.91. The molecule has 11 nitrogen and oxygen atoms in total. The van der Waals surface area contributed by atoms with Crippen LogP contribution in [0.3, 0.4) is 0 Å². The average Bonchev–Trinajstić information content (AvgIpc) is 2.69. The smallest absolute Gasteiger partial charge is 0.434 e. The molecule has 0 aromatic carbocycles. The van der Waals surface area contributed by atoms with Crippen molar-refractivity contribution in [2.75, 3.05) is 6.61 Å². The Bertz CT molecular complexity index is 993. The fourth-order valence-electron chi connectivity index (χ4n) is 3.00. The maximum atomic E-state index is 13.0. The maximum absolute atomic E-state index is 13.0. The highest BCUT2D eigenvalue weighted by molar-refractivity contribution is 7.99. The molecule has 0 radical (unpaired) electrons. The third-order valence-corrected chi connectivity index (χ3v) is 5.59. The fourth-order valence-corrected chi connectivity index (χ4v) is 4.45. The van der Waals surface area contributed by atoms with Gasteiger partial charge in [-0.25, -0.2) is 4.98 Å². The molecule has 186 valence electrons. The SMILES string of the molecule is CC(=O)OCC1O[C@H](Sc2cnc(C(F)(F)F)c(Cl)c2)C(OC(C)=O)C(N=[N+]=[N-])[C@H]1OC(C)=O. The molecule has 0 aliphatic carbocycles. The summed E-state index contributed by atoms with van der Waals surface area (Å²) in [6.07, 6.45) is -7.73. The number of carbonyl (C=O) groups is 3. The second-order valence-electron chi connectivity index (χ2n) is 6.81. The molecule has 16 heteroatoms. The highest BCUT2D eigenvalue weighted by atomic mass is 35.5. The summed E-state index contributed by atoms with van der Waals surface area (Å²) in [6.45, 7) is 2.84. The number of hydrogen-bond donors (Lipinski definition) is 0. The average molecular weight is 527 g/mol. The quantitative estimate of drug-likeness (QED) is 0.170. The molecule has 1 aromatic rings. The van der Waals surface area contributed by atoms with Crippen LogP contribution < -0.4 is 0 Å². The van der Waals surface area contributed by atoms with Crippen molar-refractivity contribution in [1.82, 2.24) is 4.98 Å². The predicted octanol–water partition coefficient (Wildman–Crippen LogP) is 3.68. The van der Waals surface area contributed by atoms with Crippen LogP contribution in [0.2, 0.25) is 5.02 Å².